The molecular formula is C12H23P. The Morgan fingerprint density at radius 1 is 1.08 bits per heavy atom. The van der Waals surface area contributed by atoms with Gasteiger partial charge in [-0.05, 0) is 29.8 Å². The molecule has 0 heterocycles. The van der Waals surface area contributed by atoms with Gasteiger partial charge in [0.05, 0.1) is 0 Å². The molecule has 0 aromatic rings. The van der Waals surface area contributed by atoms with Crippen LogP contribution in [0.15, 0.2) is 12.2 Å². The minimum atomic E-state index is 0.348. The van der Waals surface area contributed by atoms with Crippen molar-refractivity contribution < 1.29 is 0 Å². The first-order valence-electron chi connectivity index (χ1n) is 5.38. The lowest BCUT2D eigenvalue weighted by Gasteiger charge is -2.21. The van der Waals surface area contributed by atoms with E-state index in [1.165, 1.54) is 32.1 Å². The molecule has 0 aliphatic heterocycles. The molecule has 0 nitrogen and oxygen atoms in total. The third kappa shape index (κ3) is 4.27. The molecule has 0 radical (unpaired) electrons. The summed E-state index contributed by atoms with van der Waals surface area (Å²) in [6, 6.07) is 0. The van der Waals surface area contributed by atoms with Crippen molar-refractivity contribution in [3.63, 3.8) is 0 Å². The Labute approximate surface area is 85.4 Å². The summed E-state index contributed by atoms with van der Waals surface area (Å²) in [5.41, 5.74) is 0.515. The Morgan fingerprint density at radius 2 is 1.69 bits per heavy atom. The van der Waals surface area contributed by atoms with Crippen molar-refractivity contribution in [2.45, 2.75) is 58.0 Å². The second kappa shape index (κ2) is 4.13. The van der Waals surface area contributed by atoms with E-state index < -0.39 is 0 Å². The Kier molecular flexibility index (Phi) is 3.57. The second-order valence-electron chi connectivity index (χ2n) is 5.48. The van der Waals surface area contributed by atoms with E-state index in [1.54, 1.807) is 0 Å². The van der Waals surface area contributed by atoms with E-state index >= 15 is 0 Å². The first kappa shape index (κ1) is 11.2. The fraction of sp³-hybridized carbons (Fsp3) is 0.833. The molecule has 0 saturated heterocycles. The molecule has 1 heteroatoms. The van der Waals surface area contributed by atoms with Crippen LogP contribution in [0.1, 0.15) is 52.9 Å². The molecule has 0 spiro atoms. The highest BCUT2D eigenvalue weighted by Gasteiger charge is 2.20. The molecule has 0 N–H and O–H groups in total. The lowest BCUT2D eigenvalue weighted by molar-refractivity contribution is 0.326. The van der Waals surface area contributed by atoms with Gasteiger partial charge in [0.1, 0.15) is 0 Å². The first-order valence-corrected chi connectivity index (χ1v) is 5.96. The Morgan fingerprint density at radius 3 is 2.38 bits per heavy atom. The molecule has 0 aromatic heterocycles. The Bertz CT molecular complexity index is 189. The Hall–Kier alpha value is 0.170. The van der Waals surface area contributed by atoms with E-state index in [0.717, 1.165) is 0 Å². The summed E-state index contributed by atoms with van der Waals surface area (Å²) in [6.45, 7) is 7.07. The average Bonchev–Trinajstić information content (AvgIpc) is 2.01. The quantitative estimate of drug-likeness (QED) is 0.405. The van der Waals surface area contributed by atoms with E-state index in [-0.39, 0.29) is 0 Å². The normalized spacial score (nSPS) is 37.2. The van der Waals surface area contributed by atoms with Gasteiger partial charge in [-0.25, -0.2) is 0 Å². The largest absolute Gasteiger partial charge is 0.127 e. The molecule has 13 heavy (non-hydrogen) atoms. The van der Waals surface area contributed by atoms with Crippen molar-refractivity contribution >= 4 is 9.24 Å². The Balaban J connectivity index is 2.63. The summed E-state index contributed by atoms with van der Waals surface area (Å²) in [6.07, 6.45) is 11.4. The fourth-order valence-corrected chi connectivity index (χ4v) is 2.28. The molecule has 0 bridgehead atoms. The van der Waals surface area contributed by atoms with E-state index in [0.29, 0.717) is 10.6 Å². The maximum Gasteiger partial charge on any atom is -0.000112 e. The molecule has 2 unspecified atom stereocenters. The van der Waals surface area contributed by atoms with Crippen LogP contribution in [0, 0.1) is 5.41 Å². The molecule has 76 valence electrons. The fourth-order valence-electron chi connectivity index (χ4n) is 1.94. The molecule has 1 aliphatic rings. The van der Waals surface area contributed by atoms with Gasteiger partial charge in [-0.3, -0.25) is 0 Å². The highest BCUT2D eigenvalue weighted by molar-refractivity contribution is 7.19. The van der Waals surface area contributed by atoms with Crippen LogP contribution in [0.25, 0.3) is 0 Å². The van der Waals surface area contributed by atoms with Crippen LogP contribution in [0.4, 0.5) is 0 Å². The predicted molar refractivity (Wildman–Crippen MR) is 64.1 cm³/mol. The van der Waals surface area contributed by atoms with E-state index in [9.17, 15) is 0 Å². The van der Waals surface area contributed by atoms with Gasteiger partial charge >= 0.3 is 0 Å². The van der Waals surface area contributed by atoms with Crippen LogP contribution in [0.5, 0.6) is 0 Å². The van der Waals surface area contributed by atoms with Gasteiger partial charge in [0.15, 0.2) is 0 Å². The molecule has 2 atom stereocenters. The van der Waals surface area contributed by atoms with Gasteiger partial charge in [0, 0.05) is 0 Å². The zero-order valence-electron chi connectivity index (χ0n) is 9.27. The van der Waals surface area contributed by atoms with Crippen molar-refractivity contribution in [3.8, 4) is 0 Å². The van der Waals surface area contributed by atoms with Crippen LogP contribution < -0.4 is 0 Å². The molecular weight excluding hydrogens is 175 g/mol. The summed E-state index contributed by atoms with van der Waals surface area (Å²) < 4.78 is 0. The second-order valence-corrected chi connectivity index (χ2v) is 6.80. The summed E-state index contributed by atoms with van der Waals surface area (Å²) in [5.74, 6) is 0. The van der Waals surface area contributed by atoms with E-state index in [2.05, 4.69) is 42.2 Å². The van der Waals surface area contributed by atoms with Gasteiger partial charge in [0.25, 0.3) is 0 Å². The van der Waals surface area contributed by atoms with Crippen LogP contribution in [-0.4, -0.2) is 5.16 Å². The van der Waals surface area contributed by atoms with Crippen molar-refractivity contribution in [1.29, 1.82) is 0 Å². The van der Waals surface area contributed by atoms with Gasteiger partial charge in [-0.2, -0.15) is 0 Å². The molecule has 1 rings (SSSR count). The zero-order valence-corrected chi connectivity index (χ0v) is 10.4. The highest BCUT2D eigenvalue weighted by Crippen LogP contribution is 2.34. The maximum absolute atomic E-state index is 2.98. The van der Waals surface area contributed by atoms with Crippen molar-refractivity contribution in [1.82, 2.24) is 0 Å². The minimum Gasteiger partial charge on any atom is -0.127 e. The monoisotopic (exact) mass is 198 g/mol. The van der Waals surface area contributed by atoms with Gasteiger partial charge in [-0.1, -0.05) is 45.8 Å². The molecule has 0 fully saturated rings. The van der Waals surface area contributed by atoms with Crippen LogP contribution in [0.3, 0.4) is 0 Å². The SMILES string of the molecule is CC1(P)/C=C\CC(C)(C)CCCC1. The lowest BCUT2D eigenvalue weighted by atomic mass is 9.84. The number of hydrogen-bond donors (Lipinski definition) is 0. The first-order chi connectivity index (χ1) is 5.91. The van der Waals surface area contributed by atoms with Crippen LogP contribution in [0.2, 0.25) is 0 Å². The smallest absolute Gasteiger partial charge is 0.000112 e. The van der Waals surface area contributed by atoms with Crippen molar-refractivity contribution in [3.05, 3.63) is 12.2 Å². The molecule has 0 amide bonds. The standard InChI is InChI=1S/C12H23P/c1-11(2)7-4-5-9-12(3,13)10-6-8-11/h6,10H,4-5,7-9,13H2,1-3H3/b10-6-. The lowest BCUT2D eigenvalue weighted by Crippen LogP contribution is -2.10. The molecule has 0 aromatic carbocycles. The predicted octanol–water partition coefficient (Wildman–Crippen LogP) is 4.17. The number of rotatable bonds is 0. The summed E-state index contributed by atoms with van der Waals surface area (Å²) >= 11 is 0. The van der Waals surface area contributed by atoms with Gasteiger partial charge < -0.3 is 0 Å². The van der Waals surface area contributed by atoms with Gasteiger partial charge in [0.2, 0.25) is 0 Å². The summed E-state index contributed by atoms with van der Waals surface area (Å²) in [4.78, 5) is 0. The highest BCUT2D eigenvalue weighted by atomic mass is 31.0. The summed E-state index contributed by atoms with van der Waals surface area (Å²) in [7, 11) is 2.98. The minimum absolute atomic E-state index is 0.348. The van der Waals surface area contributed by atoms with E-state index in [4.69, 9.17) is 0 Å². The van der Waals surface area contributed by atoms with E-state index in [1.807, 2.05) is 0 Å². The number of hydrogen-bond acceptors (Lipinski definition) is 0. The average molecular weight is 198 g/mol. The zero-order chi connectivity index (χ0) is 9.95. The molecule has 0 saturated carbocycles. The molecule has 1 aliphatic carbocycles. The summed E-state index contributed by atoms with van der Waals surface area (Å²) in [5, 5.41) is 0.348. The van der Waals surface area contributed by atoms with Crippen LogP contribution >= 0.6 is 9.24 Å². The van der Waals surface area contributed by atoms with Crippen molar-refractivity contribution in [2.75, 3.05) is 0 Å². The number of allylic oxidation sites excluding steroid dienone is 2. The topological polar surface area (TPSA) is 0 Å². The third-order valence-electron chi connectivity index (χ3n) is 2.99. The van der Waals surface area contributed by atoms with Crippen molar-refractivity contribution in [2.24, 2.45) is 5.41 Å². The third-order valence-corrected chi connectivity index (χ3v) is 3.47. The van der Waals surface area contributed by atoms with Crippen LogP contribution in [-0.2, 0) is 0 Å². The van der Waals surface area contributed by atoms with Gasteiger partial charge in [-0.15, -0.1) is 9.24 Å². The maximum atomic E-state index is 2.98.